The minimum absolute atomic E-state index is 0.0817. The number of carbonyl (C=O) groups is 1. The standard InChI is InChI=1S/C12H15Br2NO2/c1-8(5-6-17-2)15-12(16)10-7-9(13)3-4-11(10)14/h3-4,7-8H,5-6H2,1-2H3,(H,15,16). The summed E-state index contributed by atoms with van der Waals surface area (Å²) in [5, 5.41) is 2.93. The topological polar surface area (TPSA) is 38.3 Å². The number of rotatable bonds is 5. The van der Waals surface area contributed by atoms with Crippen LogP contribution in [0.1, 0.15) is 23.7 Å². The Bertz CT molecular complexity index is 396. The Labute approximate surface area is 118 Å². The van der Waals surface area contributed by atoms with E-state index in [1.165, 1.54) is 0 Å². The molecule has 0 aliphatic heterocycles. The number of benzene rings is 1. The van der Waals surface area contributed by atoms with Crippen LogP contribution in [0.5, 0.6) is 0 Å². The molecule has 1 aromatic carbocycles. The molecule has 0 aromatic heterocycles. The molecule has 0 aliphatic rings. The number of methoxy groups -OCH3 is 1. The van der Waals surface area contributed by atoms with Crippen LogP contribution in [0.2, 0.25) is 0 Å². The normalized spacial score (nSPS) is 12.2. The minimum Gasteiger partial charge on any atom is -0.385 e. The van der Waals surface area contributed by atoms with Gasteiger partial charge in [0.25, 0.3) is 5.91 Å². The lowest BCUT2D eigenvalue weighted by Gasteiger charge is -2.14. The van der Waals surface area contributed by atoms with Crippen molar-refractivity contribution in [1.82, 2.24) is 5.32 Å². The van der Waals surface area contributed by atoms with Gasteiger partial charge in [-0.05, 0) is 47.5 Å². The van der Waals surface area contributed by atoms with Crippen molar-refractivity contribution in [2.45, 2.75) is 19.4 Å². The molecule has 0 fully saturated rings. The van der Waals surface area contributed by atoms with Crippen LogP contribution in [0.4, 0.5) is 0 Å². The van der Waals surface area contributed by atoms with Crippen LogP contribution < -0.4 is 5.32 Å². The molecule has 17 heavy (non-hydrogen) atoms. The van der Waals surface area contributed by atoms with Crippen LogP contribution >= 0.6 is 31.9 Å². The Balaban J connectivity index is 2.66. The highest BCUT2D eigenvalue weighted by atomic mass is 79.9. The number of nitrogens with one attached hydrogen (secondary N) is 1. The molecule has 0 bridgehead atoms. The van der Waals surface area contributed by atoms with Crippen molar-refractivity contribution >= 4 is 37.8 Å². The van der Waals surface area contributed by atoms with Gasteiger partial charge in [0.1, 0.15) is 0 Å². The molecule has 1 amide bonds. The summed E-state index contributed by atoms with van der Waals surface area (Å²) >= 11 is 6.72. The minimum atomic E-state index is -0.0817. The average Bonchev–Trinajstić information content (AvgIpc) is 2.29. The third kappa shape index (κ3) is 4.77. The molecule has 94 valence electrons. The van der Waals surface area contributed by atoms with Gasteiger partial charge in [0.05, 0.1) is 5.56 Å². The Morgan fingerprint density at radius 3 is 2.82 bits per heavy atom. The predicted octanol–water partition coefficient (Wildman–Crippen LogP) is 3.37. The highest BCUT2D eigenvalue weighted by Gasteiger charge is 2.12. The molecule has 3 nitrogen and oxygen atoms in total. The Morgan fingerprint density at radius 1 is 1.47 bits per heavy atom. The fourth-order valence-corrected chi connectivity index (χ4v) is 2.13. The van der Waals surface area contributed by atoms with Crippen molar-refractivity contribution in [3.05, 3.63) is 32.7 Å². The summed E-state index contributed by atoms with van der Waals surface area (Å²) < 4.78 is 6.65. The predicted molar refractivity (Wildman–Crippen MR) is 75.3 cm³/mol. The molecule has 0 saturated carbocycles. The van der Waals surface area contributed by atoms with Gasteiger partial charge in [0.2, 0.25) is 0 Å². The van der Waals surface area contributed by atoms with Crippen LogP contribution in [0.3, 0.4) is 0 Å². The van der Waals surface area contributed by atoms with E-state index in [1.54, 1.807) is 13.2 Å². The van der Waals surface area contributed by atoms with E-state index in [9.17, 15) is 4.79 Å². The zero-order chi connectivity index (χ0) is 12.8. The third-order valence-electron chi connectivity index (χ3n) is 2.31. The number of amides is 1. The van der Waals surface area contributed by atoms with Gasteiger partial charge in [-0.25, -0.2) is 0 Å². The van der Waals surface area contributed by atoms with E-state index in [-0.39, 0.29) is 11.9 Å². The summed E-state index contributed by atoms with van der Waals surface area (Å²) in [6.45, 7) is 2.60. The number of ether oxygens (including phenoxy) is 1. The summed E-state index contributed by atoms with van der Waals surface area (Å²) in [6, 6.07) is 5.62. The van der Waals surface area contributed by atoms with E-state index < -0.39 is 0 Å². The van der Waals surface area contributed by atoms with Gasteiger partial charge in [0.15, 0.2) is 0 Å². The van der Waals surface area contributed by atoms with Crippen LogP contribution in [-0.4, -0.2) is 25.7 Å². The van der Waals surface area contributed by atoms with Crippen molar-refractivity contribution in [2.75, 3.05) is 13.7 Å². The van der Waals surface area contributed by atoms with E-state index >= 15 is 0 Å². The maximum atomic E-state index is 12.0. The SMILES string of the molecule is COCCC(C)NC(=O)c1cc(Br)ccc1Br. The first kappa shape index (κ1) is 14.7. The summed E-state index contributed by atoms with van der Waals surface area (Å²) in [6.07, 6.45) is 0.799. The lowest BCUT2D eigenvalue weighted by Crippen LogP contribution is -2.33. The molecule has 1 rings (SSSR count). The highest BCUT2D eigenvalue weighted by molar-refractivity contribution is 9.11. The molecular formula is C12H15Br2NO2. The lowest BCUT2D eigenvalue weighted by molar-refractivity contribution is 0.0929. The second-order valence-corrected chi connectivity index (χ2v) is 5.55. The van der Waals surface area contributed by atoms with Crippen LogP contribution in [0, 0.1) is 0 Å². The molecule has 5 heteroatoms. The second kappa shape index (κ2) is 7.13. The van der Waals surface area contributed by atoms with Crippen molar-refractivity contribution in [2.24, 2.45) is 0 Å². The maximum Gasteiger partial charge on any atom is 0.252 e. The number of hydrogen-bond acceptors (Lipinski definition) is 2. The van der Waals surface area contributed by atoms with Gasteiger partial charge in [-0.1, -0.05) is 15.9 Å². The molecular weight excluding hydrogens is 350 g/mol. The summed E-state index contributed by atoms with van der Waals surface area (Å²) in [4.78, 5) is 12.0. The molecule has 1 atom stereocenters. The monoisotopic (exact) mass is 363 g/mol. The fourth-order valence-electron chi connectivity index (χ4n) is 1.34. The molecule has 1 unspecified atom stereocenters. The molecule has 1 N–H and O–H groups in total. The van der Waals surface area contributed by atoms with Gasteiger partial charge in [-0.15, -0.1) is 0 Å². The van der Waals surface area contributed by atoms with E-state index in [1.807, 2.05) is 19.1 Å². The number of hydrogen-bond donors (Lipinski definition) is 1. The largest absolute Gasteiger partial charge is 0.385 e. The number of halogens is 2. The van der Waals surface area contributed by atoms with Crippen molar-refractivity contribution in [1.29, 1.82) is 0 Å². The third-order valence-corrected chi connectivity index (χ3v) is 3.49. The van der Waals surface area contributed by atoms with Crippen LogP contribution in [0.25, 0.3) is 0 Å². The van der Waals surface area contributed by atoms with Gasteiger partial charge >= 0.3 is 0 Å². The summed E-state index contributed by atoms with van der Waals surface area (Å²) in [5.74, 6) is -0.0817. The van der Waals surface area contributed by atoms with E-state index in [0.29, 0.717) is 12.2 Å². The van der Waals surface area contributed by atoms with Gasteiger partial charge in [-0.3, -0.25) is 4.79 Å². The van der Waals surface area contributed by atoms with E-state index in [2.05, 4.69) is 37.2 Å². The Hall–Kier alpha value is -0.390. The smallest absolute Gasteiger partial charge is 0.252 e. The molecule has 0 saturated heterocycles. The Morgan fingerprint density at radius 2 is 2.18 bits per heavy atom. The van der Waals surface area contributed by atoms with Crippen molar-refractivity contribution < 1.29 is 9.53 Å². The van der Waals surface area contributed by atoms with Gasteiger partial charge < -0.3 is 10.1 Å². The van der Waals surface area contributed by atoms with E-state index in [0.717, 1.165) is 15.4 Å². The molecule has 0 aliphatic carbocycles. The first-order chi connectivity index (χ1) is 8.04. The zero-order valence-corrected chi connectivity index (χ0v) is 13.0. The van der Waals surface area contributed by atoms with Crippen LogP contribution in [-0.2, 0) is 4.74 Å². The molecule has 1 aromatic rings. The highest BCUT2D eigenvalue weighted by Crippen LogP contribution is 2.21. The zero-order valence-electron chi connectivity index (χ0n) is 9.80. The van der Waals surface area contributed by atoms with Gasteiger partial charge in [-0.2, -0.15) is 0 Å². The lowest BCUT2D eigenvalue weighted by atomic mass is 10.2. The van der Waals surface area contributed by atoms with Crippen LogP contribution in [0.15, 0.2) is 27.1 Å². The van der Waals surface area contributed by atoms with Crippen molar-refractivity contribution in [3.63, 3.8) is 0 Å². The first-order valence-electron chi connectivity index (χ1n) is 5.29. The molecule has 0 heterocycles. The quantitative estimate of drug-likeness (QED) is 0.869. The summed E-state index contributed by atoms with van der Waals surface area (Å²) in [7, 11) is 1.65. The molecule has 0 radical (unpaired) electrons. The first-order valence-corrected chi connectivity index (χ1v) is 6.88. The van der Waals surface area contributed by atoms with Gasteiger partial charge in [0, 0.05) is 28.7 Å². The summed E-state index contributed by atoms with van der Waals surface area (Å²) in [5.41, 5.74) is 0.628. The maximum absolute atomic E-state index is 12.0. The number of carbonyl (C=O) groups excluding carboxylic acids is 1. The molecule has 0 spiro atoms. The average molecular weight is 365 g/mol. The Kier molecular flexibility index (Phi) is 6.16. The van der Waals surface area contributed by atoms with Crippen molar-refractivity contribution in [3.8, 4) is 0 Å². The van der Waals surface area contributed by atoms with E-state index in [4.69, 9.17) is 4.74 Å². The fraction of sp³-hybridized carbons (Fsp3) is 0.417. The second-order valence-electron chi connectivity index (χ2n) is 3.78.